The van der Waals surface area contributed by atoms with Gasteiger partial charge >= 0.3 is 0 Å². The lowest BCUT2D eigenvalue weighted by atomic mass is 9.91. The first-order valence-electron chi connectivity index (χ1n) is 7.86. The molecule has 0 spiro atoms. The van der Waals surface area contributed by atoms with Gasteiger partial charge in [-0.3, -0.25) is 4.79 Å². The largest absolute Gasteiger partial charge is 0.497 e. The van der Waals surface area contributed by atoms with Gasteiger partial charge in [0.05, 0.1) is 12.4 Å². The molecule has 0 radical (unpaired) electrons. The van der Waals surface area contributed by atoms with Crippen molar-refractivity contribution < 1.29 is 9.53 Å². The molecule has 2 unspecified atom stereocenters. The zero-order valence-corrected chi connectivity index (χ0v) is 14.4. The molecule has 1 saturated heterocycles. The van der Waals surface area contributed by atoms with Crippen LogP contribution in [0.15, 0.2) is 29.2 Å². The third-order valence-electron chi connectivity index (χ3n) is 4.31. The molecule has 1 aliphatic heterocycles. The van der Waals surface area contributed by atoms with Crippen LogP contribution in [0.1, 0.15) is 26.7 Å². The van der Waals surface area contributed by atoms with Crippen molar-refractivity contribution in [3.05, 3.63) is 24.3 Å². The average Bonchev–Trinajstić information content (AvgIpc) is 2.55. The average molecular weight is 322 g/mol. The molecule has 1 fully saturated rings. The lowest BCUT2D eigenvalue weighted by molar-refractivity contribution is -0.131. The van der Waals surface area contributed by atoms with Crippen molar-refractivity contribution >= 4 is 17.7 Å². The molecule has 0 saturated carbocycles. The number of nitrogens with two attached hydrogens (primary N) is 1. The maximum absolute atomic E-state index is 12.6. The minimum absolute atomic E-state index is 0.0692. The van der Waals surface area contributed by atoms with E-state index < -0.39 is 0 Å². The lowest BCUT2D eigenvalue weighted by Crippen LogP contribution is -2.45. The van der Waals surface area contributed by atoms with E-state index in [1.54, 1.807) is 18.9 Å². The molecular formula is C17H26N2O2S. The molecule has 0 bridgehead atoms. The zero-order chi connectivity index (χ0) is 16.1. The summed E-state index contributed by atoms with van der Waals surface area (Å²) in [7, 11) is 1.65. The Kier molecular flexibility index (Phi) is 6.15. The van der Waals surface area contributed by atoms with Gasteiger partial charge in [0.1, 0.15) is 5.75 Å². The summed E-state index contributed by atoms with van der Waals surface area (Å²) in [6, 6.07) is 8.07. The topological polar surface area (TPSA) is 55.6 Å². The number of likely N-dealkylation sites (tertiary alicyclic amines) is 1. The molecule has 0 aromatic heterocycles. The van der Waals surface area contributed by atoms with Gasteiger partial charge in [-0.25, -0.2) is 0 Å². The van der Waals surface area contributed by atoms with E-state index in [2.05, 4.69) is 6.92 Å². The van der Waals surface area contributed by atoms with E-state index in [1.807, 2.05) is 36.1 Å². The van der Waals surface area contributed by atoms with E-state index in [0.717, 1.165) is 36.6 Å². The molecule has 4 nitrogen and oxygen atoms in total. The lowest BCUT2D eigenvalue weighted by Gasteiger charge is -2.35. The van der Waals surface area contributed by atoms with Gasteiger partial charge in [0.2, 0.25) is 5.91 Å². The summed E-state index contributed by atoms with van der Waals surface area (Å²) in [5.41, 5.74) is 5.96. The third kappa shape index (κ3) is 4.40. The highest BCUT2D eigenvalue weighted by Crippen LogP contribution is 2.28. The van der Waals surface area contributed by atoms with Crippen molar-refractivity contribution in [2.45, 2.75) is 42.9 Å². The minimum Gasteiger partial charge on any atom is -0.497 e. The van der Waals surface area contributed by atoms with Crippen LogP contribution < -0.4 is 10.5 Å². The summed E-state index contributed by atoms with van der Waals surface area (Å²) in [4.78, 5) is 15.6. The van der Waals surface area contributed by atoms with Crippen molar-refractivity contribution in [1.82, 2.24) is 4.90 Å². The molecule has 5 heteroatoms. The summed E-state index contributed by atoms with van der Waals surface area (Å²) in [6.45, 7) is 5.70. The fourth-order valence-electron chi connectivity index (χ4n) is 2.81. The van der Waals surface area contributed by atoms with Gasteiger partial charge < -0.3 is 15.4 Å². The summed E-state index contributed by atoms with van der Waals surface area (Å²) in [5, 5.41) is -0.0692. The van der Waals surface area contributed by atoms with Crippen LogP contribution in [0.3, 0.4) is 0 Å². The van der Waals surface area contributed by atoms with Gasteiger partial charge in [-0.15, -0.1) is 11.8 Å². The van der Waals surface area contributed by atoms with Crippen LogP contribution in [0.5, 0.6) is 5.75 Å². The number of piperidine rings is 1. The van der Waals surface area contributed by atoms with Crippen molar-refractivity contribution in [2.24, 2.45) is 11.7 Å². The van der Waals surface area contributed by atoms with Crippen LogP contribution in [-0.2, 0) is 4.79 Å². The molecule has 1 aromatic carbocycles. The highest BCUT2D eigenvalue weighted by Gasteiger charge is 2.27. The normalized spacial score (nSPS) is 18.8. The molecule has 1 aliphatic rings. The number of methoxy groups -OCH3 is 1. The molecule has 122 valence electrons. The molecule has 1 aromatic rings. The van der Waals surface area contributed by atoms with Crippen LogP contribution in [0.2, 0.25) is 0 Å². The van der Waals surface area contributed by atoms with Gasteiger partial charge in [0, 0.05) is 24.0 Å². The molecule has 2 N–H and O–H groups in total. The molecule has 22 heavy (non-hydrogen) atoms. The molecule has 1 heterocycles. The number of hydrogen-bond donors (Lipinski definition) is 1. The van der Waals surface area contributed by atoms with E-state index >= 15 is 0 Å². The van der Waals surface area contributed by atoms with Gasteiger partial charge in [-0.1, -0.05) is 0 Å². The predicted octanol–water partition coefficient (Wildman–Crippen LogP) is 2.76. The maximum atomic E-state index is 12.6. The van der Waals surface area contributed by atoms with E-state index in [9.17, 15) is 4.79 Å². The summed E-state index contributed by atoms with van der Waals surface area (Å²) >= 11 is 1.60. The Morgan fingerprint density at radius 3 is 2.36 bits per heavy atom. The second kappa shape index (κ2) is 7.88. The predicted molar refractivity (Wildman–Crippen MR) is 91.3 cm³/mol. The summed E-state index contributed by atoms with van der Waals surface area (Å²) < 4.78 is 5.15. The Hall–Kier alpha value is -1.20. The Bertz CT molecular complexity index is 482. The highest BCUT2D eigenvalue weighted by atomic mass is 32.2. The number of amides is 1. The second-order valence-corrected chi connectivity index (χ2v) is 7.37. The number of nitrogens with zero attached hydrogens (tertiary/aromatic N) is 1. The Morgan fingerprint density at radius 1 is 1.27 bits per heavy atom. The van der Waals surface area contributed by atoms with Crippen LogP contribution >= 0.6 is 11.8 Å². The Morgan fingerprint density at radius 2 is 1.86 bits per heavy atom. The molecule has 1 amide bonds. The first-order chi connectivity index (χ1) is 10.5. The van der Waals surface area contributed by atoms with Gasteiger partial charge in [-0.2, -0.15) is 0 Å². The molecule has 2 atom stereocenters. The maximum Gasteiger partial charge on any atom is 0.235 e. The third-order valence-corrected chi connectivity index (χ3v) is 5.41. The number of ether oxygens (including phenoxy) is 1. The van der Waals surface area contributed by atoms with Crippen LogP contribution in [0.4, 0.5) is 0 Å². The number of carbonyl (C=O) groups is 1. The van der Waals surface area contributed by atoms with Crippen LogP contribution in [-0.4, -0.2) is 42.3 Å². The first kappa shape index (κ1) is 17.2. The van der Waals surface area contributed by atoms with Crippen LogP contribution in [0, 0.1) is 5.92 Å². The zero-order valence-electron chi connectivity index (χ0n) is 13.6. The van der Waals surface area contributed by atoms with E-state index in [1.165, 1.54) is 0 Å². The van der Waals surface area contributed by atoms with E-state index in [-0.39, 0.29) is 17.2 Å². The summed E-state index contributed by atoms with van der Waals surface area (Å²) in [5.74, 6) is 1.61. The Labute approximate surface area is 137 Å². The van der Waals surface area contributed by atoms with Crippen LogP contribution in [0.25, 0.3) is 0 Å². The number of thioether (sulfide) groups is 1. The number of rotatable bonds is 5. The number of hydrogen-bond acceptors (Lipinski definition) is 4. The molecular weight excluding hydrogens is 296 g/mol. The monoisotopic (exact) mass is 322 g/mol. The fourth-order valence-corrected chi connectivity index (χ4v) is 3.76. The summed E-state index contributed by atoms with van der Waals surface area (Å²) in [6.07, 6.45) is 2.03. The highest BCUT2D eigenvalue weighted by molar-refractivity contribution is 8.00. The minimum atomic E-state index is -0.0692. The van der Waals surface area contributed by atoms with Gasteiger partial charge in [0.25, 0.3) is 0 Å². The quantitative estimate of drug-likeness (QED) is 0.847. The SMILES string of the molecule is COc1ccc(SC(C)C(=O)N2CCC(C(C)N)CC2)cc1. The molecule has 2 rings (SSSR count). The van der Waals surface area contributed by atoms with Gasteiger partial charge in [0.15, 0.2) is 0 Å². The van der Waals surface area contributed by atoms with Crippen molar-refractivity contribution in [3.63, 3.8) is 0 Å². The second-order valence-electron chi connectivity index (χ2n) is 5.96. The standard InChI is InChI=1S/C17H26N2O2S/c1-12(18)14-8-10-19(11-9-14)17(20)13(2)22-16-6-4-15(21-3)5-7-16/h4-7,12-14H,8-11,18H2,1-3H3. The smallest absolute Gasteiger partial charge is 0.235 e. The van der Waals surface area contributed by atoms with Crippen molar-refractivity contribution in [1.29, 1.82) is 0 Å². The Balaban J connectivity index is 1.86. The molecule has 0 aliphatic carbocycles. The van der Waals surface area contributed by atoms with E-state index in [0.29, 0.717) is 5.92 Å². The van der Waals surface area contributed by atoms with Crippen molar-refractivity contribution in [3.8, 4) is 5.75 Å². The van der Waals surface area contributed by atoms with E-state index in [4.69, 9.17) is 10.5 Å². The fraction of sp³-hybridized carbons (Fsp3) is 0.588. The first-order valence-corrected chi connectivity index (χ1v) is 8.74. The number of carbonyl (C=O) groups excluding carboxylic acids is 1. The van der Waals surface area contributed by atoms with Gasteiger partial charge in [-0.05, 0) is 56.9 Å². The number of benzene rings is 1. The van der Waals surface area contributed by atoms with Crippen molar-refractivity contribution in [2.75, 3.05) is 20.2 Å².